The Morgan fingerprint density at radius 2 is 2.21 bits per heavy atom. The van der Waals surface area contributed by atoms with Gasteiger partial charge in [0.1, 0.15) is 5.82 Å². The number of methoxy groups -OCH3 is 1. The van der Waals surface area contributed by atoms with Gasteiger partial charge < -0.3 is 14.6 Å². The predicted octanol–water partition coefficient (Wildman–Crippen LogP) is 3.67. The monoisotopic (exact) mass is 371 g/mol. The molecule has 0 bridgehead atoms. The van der Waals surface area contributed by atoms with E-state index in [-0.39, 0.29) is 16.7 Å². The van der Waals surface area contributed by atoms with Crippen molar-refractivity contribution in [2.75, 3.05) is 24.8 Å². The molecule has 0 fully saturated rings. The van der Waals surface area contributed by atoms with Crippen LogP contribution in [0.5, 0.6) is 0 Å². The maximum absolute atomic E-state index is 13.0. The second-order valence-electron chi connectivity index (χ2n) is 5.17. The smallest absolute Gasteiger partial charge is 0.234 e. The number of nitrogens with one attached hydrogen (secondary N) is 1. The van der Waals surface area contributed by atoms with Crippen LogP contribution in [0.4, 0.5) is 10.1 Å². The molecule has 8 heteroatoms. The molecule has 2 aromatic rings. The van der Waals surface area contributed by atoms with Crippen LogP contribution >= 0.6 is 23.4 Å². The Balaban J connectivity index is 2.00. The highest BCUT2D eigenvalue weighted by Gasteiger charge is 2.14. The molecule has 0 radical (unpaired) electrons. The summed E-state index contributed by atoms with van der Waals surface area (Å²) in [6, 6.07) is 3.85. The number of hydrogen-bond acceptors (Lipinski definition) is 4. The van der Waals surface area contributed by atoms with E-state index in [2.05, 4.69) is 10.3 Å². The summed E-state index contributed by atoms with van der Waals surface area (Å²) in [6.07, 6.45) is 0. The number of benzene rings is 1. The highest BCUT2D eigenvalue weighted by atomic mass is 35.5. The Bertz CT molecular complexity index is 736. The molecule has 1 aromatic carbocycles. The van der Waals surface area contributed by atoms with Crippen molar-refractivity contribution in [1.29, 1.82) is 0 Å². The lowest BCUT2D eigenvalue weighted by Gasteiger charge is -2.10. The summed E-state index contributed by atoms with van der Waals surface area (Å²) >= 11 is 7.24. The molecule has 0 spiro atoms. The summed E-state index contributed by atoms with van der Waals surface area (Å²) in [5.41, 5.74) is 2.37. The molecule has 1 aromatic heterocycles. The van der Waals surface area contributed by atoms with Gasteiger partial charge in [0, 0.05) is 19.3 Å². The van der Waals surface area contributed by atoms with Crippen molar-refractivity contribution < 1.29 is 13.9 Å². The summed E-state index contributed by atoms with van der Waals surface area (Å²) in [6.45, 7) is 5.17. The zero-order valence-corrected chi connectivity index (χ0v) is 15.3. The fraction of sp³-hybridized carbons (Fsp3) is 0.375. The van der Waals surface area contributed by atoms with Crippen LogP contribution in [0.25, 0.3) is 0 Å². The van der Waals surface area contributed by atoms with E-state index in [0.29, 0.717) is 18.8 Å². The lowest BCUT2D eigenvalue weighted by molar-refractivity contribution is -0.113. The van der Waals surface area contributed by atoms with E-state index in [0.717, 1.165) is 22.6 Å². The van der Waals surface area contributed by atoms with Gasteiger partial charge in [-0.15, -0.1) is 0 Å². The number of carbonyl (C=O) groups is 1. The van der Waals surface area contributed by atoms with Crippen LogP contribution in [0.15, 0.2) is 23.4 Å². The number of ether oxygens (including phenoxy) is 1. The standard InChI is InChI=1S/C16H19ClFN3O2S/c1-10-11(2)21(6-7-23-3)16(19-10)24-9-15(22)20-14-5-4-12(18)8-13(14)17/h4-5,8H,6-7,9H2,1-3H3,(H,20,22). The summed E-state index contributed by atoms with van der Waals surface area (Å²) in [5, 5.41) is 3.61. The van der Waals surface area contributed by atoms with Crippen LogP contribution in [-0.4, -0.2) is 34.9 Å². The Labute approximate surface area is 149 Å². The molecule has 0 aliphatic rings. The van der Waals surface area contributed by atoms with Gasteiger partial charge in [-0.1, -0.05) is 23.4 Å². The van der Waals surface area contributed by atoms with E-state index >= 15 is 0 Å². The number of rotatable bonds is 7. The number of imidazole rings is 1. The Morgan fingerprint density at radius 3 is 2.88 bits per heavy atom. The fourth-order valence-electron chi connectivity index (χ4n) is 2.09. The first-order valence-corrected chi connectivity index (χ1v) is 8.69. The fourth-order valence-corrected chi connectivity index (χ4v) is 3.22. The summed E-state index contributed by atoms with van der Waals surface area (Å²) < 4.78 is 20.2. The van der Waals surface area contributed by atoms with Gasteiger partial charge in [-0.2, -0.15) is 0 Å². The van der Waals surface area contributed by atoms with Gasteiger partial charge in [0.25, 0.3) is 0 Å². The van der Waals surface area contributed by atoms with Crippen LogP contribution in [-0.2, 0) is 16.1 Å². The molecule has 1 amide bonds. The maximum Gasteiger partial charge on any atom is 0.234 e. The van der Waals surface area contributed by atoms with Gasteiger partial charge in [-0.25, -0.2) is 9.37 Å². The van der Waals surface area contributed by atoms with Crippen molar-refractivity contribution in [1.82, 2.24) is 9.55 Å². The molecule has 0 saturated heterocycles. The molecule has 0 unspecified atom stereocenters. The first kappa shape index (κ1) is 18.8. The van der Waals surface area contributed by atoms with E-state index in [9.17, 15) is 9.18 Å². The Kier molecular flexibility index (Phi) is 6.65. The predicted molar refractivity (Wildman–Crippen MR) is 94.3 cm³/mol. The van der Waals surface area contributed by atoms with Gasteiger partial charge in [-0.05, 0) is 32.0 Å². The number of thioether (sulfide) groups is 1. The van der Waals surface area contributed by atoms with E-state index in [4.69, 9.17) is 16.3 Å². The summed E-state index contributed by atoms with van der Waals surface area (Å²) in [4.78, 5) is 16.6. The Morgan fingerprint density at radius 1 is 1.46 bits per heavy atom. The van der Waals surface area contributed by atoms with Gasteiger partial charge in [0.15, 0.2) is 5.16 Å². The average Bonchev–Trinajstić information content (AvgIpc) is 2.80. The zero-order chi connectivity index (χ0) is 17.7. The number of nitrogens with zero attached hydrogens (tertiary/aromatic N) is 2. The van der Waals surface area contributed by atoms with Crippen LogP contribution in [0, 0.1) is 19.7 Å². The normalized spacial score (nSPS) is 10.9. The minimum atomic E-state index is -0.446. The SMILES string of the molecule is COCCn1c(SCC(=O)Nc2ccc(F)cc2Cl)nc(C)c1C. The van der Waals surface area contributed by atoms with Crippen molar-refractivity contribution in [3.8, 4) is 0 Å². The molecule has 1 heterocycles. The van der Waals surface area contributed by atoms with Crippen LogP contribution < -0.4 is 5.32 Å². The second-order valence-corrected chi connectivity index (χ2v) is 6.52. The van der Waals surface area contributed by atoms with Crippen LogP contribution in [0.2, 0.25) is 5.02 Å². The molecule has 0 saturated carbocycles. The van der Waals surface area contributed by atoms with Gasteiger partial charge in [-0.3, -0.25) is 4.79 Å². The molecule has 130 valence electrons. The minimum absolute atomic E-state index is 0.168. The van der Waals surface area contributed by atoms with Crippen LogP contribution in [0.1, 0.15) is 11.4 Å². The average molecular weight is 372 g/mol. The minimum Gasteiger partial charge on any atom is -0.383 e. The highest BCUT2D eigenvalue weighted by Crippen LogP contribution is 2.24. The lowest BCUT2D eigenvalue weighted by atomic mass is 10.3. The van der Waals surface area contributed by atoms with E-state index in [1.807, 2.05) is 18.4 Å². The van der Waals surface area contributed by atoms with E-state index in [1.165, 1.54) is 23.9 Å². The molecule has 2 rings (SSSR count). The molecular formula is C16H19ClFN3O2S. The number of anilines is 1. The van der Waals surface area contributed by atoms with Gasteiger partial charge in [0.05, 0.1) is 28.8 Å². The third-order valence-electron chi connectivity index (χ3n) is 3.48. The number of aromatic nitrogens is 2. The largest absolute Gasteiger partial charge is 0.383 e. The molecule has 24 heavy (non-hydrogen) atoms. The molecular weight excluding hydrogens is 353 g/mol. The number of halogens is 2. The van der Waals surface area contributed by atoms with Crippen molar-refractivity contribution in [3.05, 3.63) is 40.4 Å². The second kappa shape index (κ2) is 8.50. The van der Waals surface area contributed by atoms with Crippen molar-refractivity contribution >= 4 is 35.0 Å². The number of aryl methyl sites for hydroxylation is 1. The Hall–Kier alpha value is -1.57. The molecule has 1 N–H and O–H groups in total. The third kappa shape index (κ3) is 4.72. The van der Waals surface area contributed by atoms with Gasteiger partial charge in [0.2, 0.25) is 5.91 Å². The van der Waals surface area contributed by atoms with Gasteiger partial charge >= 0.3 is 0 Å². The zero-order valence-electron chi connectivity index (χ0n) is 13.7. The van der Waals surface area contributed by atoms with E-state index < -0.39 is 5.82 Å². The van der Waals surface area contributed by atoms with E-state index in [1.54, 1.807) is 7.11 Å². The van der Waals surface area contributed by atoms with Crippen molar-refractivity contribution in [2.45, 2.75) is 25.5 Å². The van der Waals surface area contributed by atoms with Crippen molar-refractivity contribution in [3.63, 3.8) is 0 Å². The number of carbonyl (C=O) groups excluding carboxylic acids is 1. The third-order valence-corrected chi connectivity index (χ3v) is 4.77. The molecule has 5 nitrogen and oxygen atoms in total. The molecule has 0 aliphatic heterocycles. The number of amides is 1. The quantitative estimate of drug-likeness (QED) is 0.754. The summed E-state index contributed by atoms with van der Waals surface area (Å²) in [5.74, 6) is -0.500. The summed E-state index contributed by atoms with van der Waals surface area (Å²) in [7, 11) is 1.64. The molecule has 0 aliphatic carbocycles. The van der Waals surface area contributed by atoms with Crippen LogP contribution in [0.3, 0.4) is 0 Å². The first-order chi connectivity index (χ1) is 11.4. The maximum atomic E-state index is 13.0. The topological polar surface area (TPSA) is 56.1 Å². The highest BCUT2D eigenvalue weighted by molar-refractivity contribution is 7.99. The molecule has 0 atom stereocenters. The first-order valence-electron chi connectivity index (χ1n) is 7.32. The van der Waals surface area contributed by atoms with Crippen molar-refractivity contribution in [2.24, 2.45) is 0 Å². The number of hydrogen-bond donors (Lipinski definition) is 1. The lowest BCUT2D eigenvalue weighted by Crippen LogP contribution is -2.15.